The minimum absolute atomic E-state index is 0.0864. The molecule has 1 aliphatic carbocycles. The molecule has 0 bridgehead atoms. The largest absolute Gasteiger partial charge is 0.486 e. The van der Waals surface area contributed by atoms with Gasteiger partial charge in [-0.15, -0.1) is 0 Å². The standard InChI is InChI=1S/C20H19ClF3N3O4/c1-10-16(30-18(25-10)11-2-4-12(5-3-11)20(22,23)24)9-29-13-6-7-14(15(21)8-13)17-26-19(28)31-27-17/h6-8,11-12H,2-5,9H2,1H3,(H,26,27,28). The van der Waals surface area contributed by atoms with E-state index in [9.17, 15) is 18.0 Å². The van der Waals surface area contributed by atoms with E-state index in [1.807, 2.05) is 0 Å². The van der Waals surface area contributed by atoms with Crippen LogP contribution >= 0.6 is 11.6 Å². The van der Waals surface area contributed by atoms with E-state index in [0.717, 1.165) is 0 Å². The molecule has 0 saturated heterocycles. The number of nitrogens with one attached hydrogen (secondary N) is 1. The zero-order valence-corrected chi connectivity index (χ0v) is 17.2. The quantitative estimate of drug-likeness (QED) is 0.551. The van der Waals surface area contributed by atoms with Gasteiger partial charge in [-0.3, -0.25) is 9.51 Å². The molecule has 4 rings (SSSR count). The Labute approximate surface area is 179 Å². The first kappa shape index (κ1) is 21.5. The zero-order chi connectivity index (χ0) is 22.2. The van der Waals surface area contributed by atoms with Gasteiger partial charge in [0.1, 0.15) is 12.4 Å². The minimum atomic E-state index is -4.14. The lowest BCUT2D eigenvalue weighted by Gasteiger charge is -2.28. The van der Waals surface area contributed by atoms with Gasteiger partial charge in [-0.2, -0.15) is 13.2 Å². The van der Waals surface area contributed by atoms with Crippen molar-refractivity contribution in [1.82, 2.24) is 15.1 Å². The third-order valence-electron chi connectivity index (χ3n) is 5.45. The second-order valence-electron chi connectivity index (χ2n) is 7.52. The first-order valence-electron chi connectivity index (χ1n) is 9.72. The van der Waals surface area contributed by atoms with Gasteiger partial charge in [-0.25, -0.2) is 9.78 Å². The molecule has 1 aromatic carbocycles. The minimum Gasteiger partial charge on any atom is -0.486 e. The molecule has 11 heteroatoms. The lowest BCUT2D eigenvalue weighted by Crippen LogP contribution is -2.27. The molecule has 1 fully saturated rings. The molecule has 0 amide bonds. The van der Waals surface area contributed by atoms with E-state index in [4.69, 9.17) is 20.8 Å². The van der Waals surface area contributed by atoms with Crippen molar-refractivity contribution < 1.29 is 26.8 Å². The molecular weight excluding hydrogens is 439 g/mol. The van der Waals surface area contributed by atoms with Gasteiger partial charge in [-0.1, -0.05) is 16.8 Å². The van der Waals surface area contributed by atoms with Crippen molar-refractivity contribution >= 4 is 11.6 Å². The van der Waals surface area contributed by atoms with Crippen LogP contribution in [0.1, 0.15) is 48.9 Å². The van der Waals surface area contributed by atoms with Gasteiger partial charge >= 0.3 is 11.9 Å². The first-order valence-corrected chi connectivity index (χ1v) is 10.1. The van der Waals surface area contributed by atoms with E-state index in [1.54, 1.807) is 25.1 Å². The molecule has 1 N–H and O–H groups in total. The van der Waals surface area contributed by atoms with Gasteiger partial charge in [0, 0.05) is 11.5 Å². The van der Waals surface area contributed by atoms with Crippen molar-refractivity contribution in [2.45, 2.75) is 51.3 Å². The van der Waals surface area contributed by atoms with Crippen LogP contribution in [0.4, 0.5) is 13.2 Å². The number of hydrogen-bond acceptors (Lipinski definition) is 6. The summed E-state index contributed by atoms with van der Waals surface area (Å²) in [5, 5.41) is 3.90. The smallest absolute Gasteiger partial charge is 0.439 e. The maximum absolute atomic E-state index is 12.9. The molecule has 0 spiro atoms. The number of H-pyrrole nitrogens is 1. The number of aryl methyl sites for hydroxylation is 1. The number of oxazole rings is 1. The number of halogens is 4. The molecule has 7 nitrogen and oxygen atoms in total. The second kappa shape index (κ2) is 8.41. The van der Waals surface area contributed by atoms with E-state index in [1.165, 1.54) is 0 Å². The Morgan fingerprint density at radius 2 is 2.00 bits per heavy atom. The highest BCUT2D eigenvalue weighted by atomic mass is 35.5. The number of hydrogen-bond donors (Lipinski definition) is 1. The van der Waals surface area contributed by atoms with Gasteiger partial charge in [0.05, 0.1) is 16.6 Å². The molecule has 0 atom stereocenters. The van der Waals surface area contributed by atoms with E-state index in [-0.39, 0.29) is 31.2 Å². The fraction of sp³-hybridized carbons (Fsp3) is 0.450. The van der Waals surface area contributed by atoms with Gasteiger partial charge in [0.15, 0.2) is 17.5 Å². The van der Waals surface area contributed by atoms with Crippen LogP contribution in [0.3, 0.4) is 0 Å². The van der Waals surface area contributed by atoms with Crippen LogP contribution in [0.15, 0.2) is 31.9 Å². The normalized spacial score (nSPS) is 19.5. The monoisotopic (exact) mass is 457 g/mol. The lowest BCUT2D eigenvalue weighted by molar-refractivity contribution is -0.182. The number of alkyl halides is 3. The summed E-state index contributed by atoms with van der Waals surface area (Å²) in [7, 11) is 0. The fourth-order valence-corrected chi connectivity index (χ4v) is 3.96. The Morgan fingerprint density at radius 1 is 1.26 bits per heavy atom. The third-order valence-corrected chi connectivity index (χ3v) is 5.77. The number of benzene rings is 1. The number of aromatic amines is 1. The van der Waals surface area contributed by atoms with Crippen molar-refractivity contribution in [3.63, 3.8) is 0 Å². The summed E-state index contributed by atoms with van der Waals surface area (Å²) in [5.41, 5.74) is 1.11. The number of rotatable bonds is 5. The molecule has 0 unspecified atom stereocenters. The Morgan fingerprint density at radius 3 is 2.61 bits per heavy atom. The van der Waals surface area contributed by atoms with Crippen molar-refractivity contribution in [3.8, 4) is 17.1 Å². The van der Waals surface area contributed by atoms with Crippen molar-refractivity contribution in [2.75, 3.05) is 0 Å². The summed E-state index contributed by atoms with van der Waals surface area (Å²) in [4.78, 5) is 17.9. The Kier molecular flexibility index (Phi) is 5.83. The summed E-state index contributed by atoms with van der Waals surface area (Å²) < 4.78 is 54.6. The Hall–Kier alpha value is -2.75. The SMILES string of the molecule is Cc1nc(C2CCC(C(F)(F)F)CC2)oc1COc1ccc(-c2noc(=O)[nH]2)c(Cl)c1. The third kappa shape index (κ3) is 4.79. The van der Waals surface area contributed by atoms with Crippen LogP contribution in [0, 0.1) is 12.8 Å². The van der Waals surface area contributed by atoms with Gasteiger partial charge in [0.25, 0.3) is 0 Å². The average Bonchev–Trinajstić information content (AvgIpc) is 3.31. The van der Waals surface area contributed by atoms with Gasteiger partial charge < -0.3 is 9.15 Å². The number of ether oxygens (including phenoxy) is 1. The van der Waals surface area contributed by atoms with Crippen LogP contribution < -0.4 is 10.5 Å². The van der Waals surface area contributed by atoms with E-state index >= 15 is 0 Å². The predicted molar refractivity (Wildman–Crippen MR) is 104 cm³/mol. The van der Waals surface area contributed by atoms with Crippen LogP contribution in [-0.4, -0.2) is 21.3 Å². The Bertz CT molecular complexity index is 1110. The molecule has 3 aromatic rings. The highest BCUT2D eigenvalue weighted by molar-refractivity contribution is 6.33. The van der Waals surface area contributed by atoms with E-state index in [0.29, 0.717) is 46.5 Å². The summed E-state index contributed by atoms with van der Waals surface area (Å²) in [6.07, 6.45) is -3.18. The van der Waals surface area contributed by atoms with Crippen LogP contribution in [0.2, 0.25) is 5.02 Å². The van der Waals surface area contributed by atoms with Gasteiger partial charge in [0.2, 0.25) is 0 Å². The molecule has 1 saturated carbocycles. The second-order valence-corrected chi connectivity index (χ2v) is 7.93. The lowest BCUT2D eigenvalue weighted by atomic mass is 9.81. The van der Waals surface area contributed by atoms with Crippen LogP contribution in [0.25, 0.3) is 11.4 Å². The summed E-state index contributed by atoms with van der Waals surface area (Å²) in [6, 6.07) is 4.84. The zero-order valence-electron chi connectivity index (χ0n) is 16.5. The first-order chi connectivity index (χ1) is 14.7. The predicted octanol–water partition coefficient (Wildman–Crippen LogP) is 5.39. The van der Waals surface area contributed by atoms with Crippen LogP contribution in [0.5, 0.6) is 5.75 Å². The summed E-state index contributed by atoms with van der Waals surface area (Å²) in [6.45, 7) is 1.86. The topological polar surface area (TPSA) is 94.2 Å². The molecule has 2 aromatic heterocycles. The Balaban J connectivity index is 1.39. The van der Waals surface area contributed by atoms with Crippen molar-refractivity contribution in [3.05, 3.63) is 51.1 Å². The molecular formula is C20H19ClF3N3O4. The summed E-state index contributed by atoms with van der Waals surface area (Å²) >= 11 is 6.24. The fourth-order valence-electron chi connectivity index (χ4n) is 3.70. The molecule has 1 aliphatic rings. The maximum Gasteiger partial charge on any atom is 0.439 e. The van der Waals surface area contributed by atoms with Gasteiger partial charge in [-0.05, 0) is 50.8 Å². The number of nitrogens with zero attached hydrogens (tertiary/aromatic N) is 2. The highest BCUT2D eigenvalue weighted by Crippen LogP contribution is 2.43. The molecule has 166 valence electrons. The maximum atomic E-state index is 12.9. The van der Waals surface area contributed by atoms with Crippen LogP contribution in [-0.2, 0) is 6.61 Å². The highest BCUT2D eigenvalue weighted by Gasteiger charge is 2.42. The molecule has 0 radical (unpaired) electrons. The van der Waals surface area contributed by atoms with Crippen molar-refractivity contribution in [2.24, 2.45) is 5.92 Å². The van der Waals surface area contributed by atoms with E-state index in [2.05, 4.69) is 19.6 Å². The average molecular weight is 458 g/mol. The van der Waals surface area contributed by atoms with Crippen molar-refractivity contribution in [1.29, 1.82) is 0 Å². The van der Waals surface area contributed by atoms with E-state index < -0.39 is 17.9 Å². The molecule has 2 heterocycles. The number of aromatic nitrogens is 3. The summed E-state index contributed by atoms with van der Waals surface area (Å²) in [5.74, 6) is -0.418. The molecule has 31 heavy (non-hydrogen) atoms. The molecule has 0 aliphatic heterocycles.